The molecular weight excluding hydrogens is 451 g/mol. The van der Waals surface area contributed by atoms with Gasteiger partial charge in [0.05, 0.1) is 6.61 Å². The Labute approximate surface area is 173 Å². The first kappa shape index (κ1) is 19.5. The maximum absolute atomic E-state index is 12.9. The zero-order valence-corrected chi connectivity index (χ0v) is 17.7. The first-order valence-corrected chi connectivity index (χ1v) is 10.1. The molecule has 4 nitrogen and oxygen atoms in total. The van der Waals surface area contributed by atoms with Crippen molar-refractivity contribution in [1.29, 1.82) is 0 Å². The molecule has 27 heavy (non-hydrogen) atoms. The molecule has 0 saturated heterocycles. The SMILES string of the molecule is CCOc1ccc(CCN(C)C(=O)c2cccn2-c2ccc(I)cc2)cc1. The highest BCUT2D eigenvalue weighted by Gasteiger charge is 2.16. The predicted molar refractivity (Wildman–Crippen MR) is 117 cm³/mol. The molecule has 0 unspecified atom stereocenters. The van der Waals surface area contributed by atoms with Gasteiger partial charge in [0.15, 0.2) is 0 Å². The molecule has 1 heterocycles. The van der Waals surface area contributed by atoms with Gasteiger partial charge in [-0.25, -0.2) is 0 Å². The highest BCUT2D eigenvalue weighted by Crippen LogP contribution is 2.17. The maximum atomic E-state index is 12.9. The fourth-order valence-electron chi connectivity index (χ4n) is 2.89. The summed E-state index contributed by atoms with van der Waals surface area (Å²) < 4.78 is 8.57. The molecule has 1 aromatic heterocycles. The summed E-state index contributed by atoms with van der Waals surface area (Å²) in [6.45, 7) is 3.29. The Balaban J connectivity index is 1.66. The van der Waals surface area contributed by atoms with Crippen molar-refractivity contribution in [2.45, 2.75) is 13.3 Å². The average molecular weight is 474 g/mol. The normalized spacial score (nSPS) is 10.6. The van der Waals surface area contributed by atoms with Gasteiger partial charge in [-0.3, -0.25) is 4.79 Å². The summed E-state index contributed by atoms with van der Waals surface area (Å²) in [6, 6.07) is 20.0. The lowest BCUT2D eigenvalue weighted by Crippen LogP contribution is -2.30. The molecule has 0 aliphatic rings. The Kier molecular flexibility index (Phi) is 6.55. The zero-order valence-electron chi connectivity index (χ0n) is 15.6. The summed E-state index contributed by atoms with van der Waals surface area (Å²) in [5, 5.41) is 0. The van der Waals surface area contributed by atoms with Crippen molar-refractivity contribution >= 4 is 28.5 Å². The number of amides is 1. The van der Waals surface area contributed by atoms with Crippen LogP contribution in [0, 0.1) is 3.57 Å². The topological polar surface area (TPSA) is 34.5 Å². The molecule has 1 amide bonds. The third-order valence-corrected chi connectivity index (χ3v) is 5.11. The van der Waals surface area contributed by atoms with Crippen LogP contribution in [-0.4, -0.2) is 35.6 Å². The number of aromatic nitrogens is 1. The highest BCUT2D eigenvalue weighted by atomic mass is 127. The molecule has 2 aromatic carbocycles. The molecule has 5 heteroatoms. The predicted octanol–water partition coefficient (Wildman–Crippen LogP) is 4.80. The zero-order chi connectivity index (χ0) is 19.2. The van der Waals surface area contributed by atoms with Gasteiger partial charge in [0.2, 0.25) is 0 Å². The van der Waals surface area contributed by atoms with Crippen molar-refractivity contribution in [1.82, 2.24) is 9.47 Å². The molecule has 0 aliphatic heterocycles. The molecule has 0 saturated carbocycles. The second kappa shape index (κ2) is 9.08. The number of hydrogen-bond donors (Lipinski definition) is 0. The summed E-state index contributed by atoms with van der Waals surface area (Å²) in [5.74, 6) is 0.894. The Morgan fingerprint density at radius 1 is 1.07 bits per heavy atom. The third-order valence-electron chi connectivity index (χ3n) is 4.39. The summed E-state index contributed by atoms with van der Waals surface area (Å²) in [5.41, 5.74) is 2.85. The van der Waals surface area contributed by atoms with Crippen molar-refractivity contribution in [2.75, 3.05) is 20.2 Å². The number of rotatable bonds is 7. The molecule has 0 radical (unpaired) electrons. The molecule has 0 N–H and O–H groups in total. The van der Waals surface area contributed by atoms with E-state index in [9.17, 15) is 4.79 Å². The van der Waals surface area contributed by atoms with Crippen molar-refractivity contribution in [3.63, 3.8) is 0 Å². The molecule has 0 aliphatic carbocycles. The van der Waals surface area contributed by atoms with E-state index in [-0.39, 0.29) is 5.91 Å². The van der Waals surface area contributed by atoms with E-state index in [0.29, 0.717) is 18.8 Å². The molecule has 0 spiro atoms. The van der Waals surface area contributed by atoms with Crippen molar-refractivity contribution in [3.8, 4) is 11.4 Å². The molecule has 0 bridgehead atoms. The Bertz CT molecular complexity index is 885. The van der Waals surface area contributed by atoms with E-state index in [1.807, 2.05) is 73.3 Å². The quantitative estimate of drug-likeness (QED) is 0.462. The monoisotopic (exact) mass is 474 g/mol. The molecule has 3 rings (SSSR count). The molecule has 3 aromatic rings. The molecule has 140 valence electrons. The lowest BCUT2D eigenvalue weighted by Gasteiger charge is -2.19. The van der Waals surface area contributed by atoms with Crippen LogP contribution >= 0.6 is 22.6 Å². The van der Waals surface area contributed by atoms with Gasteiger partial charge >= 0.3 is 0 Å². The largest absolute Gasteiger partial charge is 0.494 e. The number of halogens is 1. The van der Waals surface area contributed by atoms with Gasteiger partial charge < -0.3 is 14.2 Å². The van der Waals surface area contributed by atoms with Gasteiger partial charge in [0.1, 0.15) is 11.4 Å². The minimum atomic E-state index is 0.0180. The van der Waals surface area contributed by atoms with Crippen molar-refractivity contribution < 1.29 is 9.53 Å². The Morgan fingerprint density at radius 3 is 2.44 bits per heavy atom. The number of nitrogens with zero attached hydrogens (tertiary/aromatic N) is 2. The first-order chi connectivity index (χ1) is 13.1. The third kappa shape index (κ3) is 4.91. The van der Waals surface area contributed by atoms with Gasteiger partial charge in [0.25, 0.3) is 5.91 Å². The van der Waals surface area contributed by atoms with Crippen molar-refractivity contribution in [3.05, 3.63) is 81.7 Å². The lowest BCUT2D eigenvalue weighted by molar-refractivity contribution is 0.0789. The van der Waals surface area contributed by atoms with Gasteiger partial charge in [-0.05, 0) is 90.0 Å². The maximum Gasteiger partial charge on any atom is 0.270 e. The molecule has 0 fully saturated rings. The summed E-state index contributed by atoms with van der Waals surface area (Å²) in [7, 11) is 1.85. The fraction of sp³-hybridized carbons (Fsp3) is 0.227. The van der Waals surface area contributed by atoms with E-state index in [1.165, 1.54) is 9.13 Å². The smallest absolute Gasteiger partial charge is 0.270 e. The van der Waals surface area contributed by atoms with Gasteiger partial charge in [-0.15, -0.1) is 0 Å². The minimum Gasteiger partial charge on any atom is -0.494 e. The fourth-order valence-corrected chi connectivity index (χ4v) is 3.25. The van der Waals surface area contributed by atoms with Crippen LogP contribution in [0.25, 0.3) is 5.69 Å². The first-order valence-electron chi connectivity index (χ1n) is 8.99. The van der Waals surface area contributed by atoms with Crippen LogP contribution in [0.15, 0.2) is 66.9 Å². The second-order valence-electron chi connectivity index (χ2n) is 6.29. The lowest BCUT2D eigenvalue weighted by atomic mass is 10.1. The molecule has 0 atom stereocenters. The van der Waals surface area contributed by atoms with Crippen LogP contribution in [0.1, 0.15) is 23.0 Å². The van der Waals surface area contributed by atoms with Gasteiger partial charge in [-0.2, -0.15) is 0 Å². The van der Waals surface area contributed by atoms with E-state index < -0.39 is 0 Å². The Hall–Kier alpha value is -2.28. The van der Waals surface area contributed by atoms with E-state index in [0.717, 1.165) is 17.9 Å². The summed E-state index contributed by atoms with van der Waals surface area (Å²) >= 11 is 2.28. The number of carbonyl (C=O) groups is 1. The van der Waals surface area contributed by atoms with Crippen LogP contribution in [0.5, 0.6) is 5.75 Å². The van der Waals surface area contributed by atoms with Crippen LogP contribution in [0.2, 0.25) is 0 Å². The number of hydrogen-bond acceptors (Lipinski definition) is 2. The summed E-state index contributed by atoms with van der Waals surface area (Å²) in [6.07, 6.45) is 2.73. The van der Waals surface area contributed by atoms with Crippen LogP contribution in [0.4, 0.5) is 0 Å². The average Bonchev–Trinajstić information content (AvgIpc) is 3.17. The molecular formula is C22H23IN2O2. The van der Waals surface area contributed by atoms with Crippen LogP contribution in [-0.2, 0) is 6.42 Å². The number of likely N-dealkylation sites (N-methyl/N-ethyl adjacent to an activating group) is 1. The Morgan fingerprint density at radius 2 is 1.78 bits per heavy atom. The number of ether oxygens (including phenoxy) is 1. The van der Waals surface area contributed by atoms with E-state index in [4.69, 9.17) is 4.74 Å². The minimum absolute atomic E-state index is 0.0180. The van der Waals surface area contributed by atoms with E-state index >= 15 is 0 Å². The van der Waals surface area contributed by atoms with E-state index in [2.05, 4.69) is 34.7 Å². The second-order valence-corrected chi connectivity index (χ2v) is 7.54. The summed E-state index contributed by atoms with van der Waals surface area (Å²) in [4.78, 5) is 14.7. The van der Waals surface area contributed by atoms with Crippen LogP contribution < -0.4 is 4.74 Å². The highest BCUT2D eigenvalue weighted by molar-refractivity contribution is 14.1. The van der Waals surface area contributed by atoms with E-state index in [1.54, 1.807) is 4.90 Å². The number of benzene rings is 2. The standard InChI is InChI=1S/C22H23IN2O2/c1-3-27-20-12-6-17(7-13-20)14-16-24(2)22(26)21-5-4-15-25(21)19-10-8-18(23)9-11-19/h4-13,15H,3,14,16H2,1-2H3. The van der Waals surface area contributed by atoms with Crippen LogP contribution in [0.3, 0.4) is 0 Å². The van der Waals surface area contributed by atoms with Gasteiger partial charge in [0, 0.05) is 29.0 Å². The number of carbonyl (C=O) groups excluding carboxylic acids is 1. The van der Waals surface area contributed by atoms with Gasteiger partial charge in [-0.1, -0.05) is 12.1 Å². The van der Waals surface area contributed by atoms with Crippen molar-refractivity contribution in [2.24, 2.45) is 0 Å².